The average Bonchev–Trinajstić information content (AvgIpc) is 3.09. The molecule has 1 heterocycles. The van der Waals surface area contributed by atoms with Gasteiger partial charge >= 0.3 is 0 Å². The molecule has 0 aliphatic carbocycles. The van der Waals surface area contributed by atoms with E-state index in [1.54, 1.807) is 16.7 Å². The van der Waals surface area contributed by atoms with Crippen LogP contribution in [0.4, 0.5) is 5.69 Å². The zero-order valence-corrected chi connectivity index (χ0v) is 19.8. The molecule has 0 bridgehead atoms. The molecule has 3 aromatic rings. The molecule has 1 atom stereocenters. The van der Waals surface area contributed by atoms with Gasteiger partial charge in [-0.2, -0.15) is 0 Å². The molecule has 2 aromatic carbocycles. The van der Waals surface area contributed by atoms with E-state index < -0.39 is 0 Å². The predicted molar refractivity (Wildman–Crippen MR) is 127 cm³/mol. The molecule has 0 saturated carbocycles. The SMILES string of the molecule is Cc1cc(I)ccc1NC(=O)CSc1nnc([C@@H](C)NC(=O)c2ccccc2)n1C. The number of thioether (sulfide) groups is 1. The molecule has 0 aliphatic rings. The molecule has 2 amide bonds. The lowest BCUT2D eigenvalue weighted by Crippen LogP contribution is -2.28. The first-order valence-electron chi connectivity index (χ1n) is 9.29. The van der Waals surface area contributed by atoms with Crippen LogP contribution < -0.4 is 10.6 Å². The van der Waals surface area contributed by atoms with Gasteiger partial charge in [-0.25, -0.2) is 0 Å². The number of aryl methyl sites for hydroxylation is 1. The highest BCUT2D eigenvalue weighted by atomic mass is 127. The van der Waals surface area contributed by atoms with Gasteiger partial charge in [0.05, 0.1) is 11.8 Å². The normalized spacial score (nSPS) is 11.7. The minimum atomic E-state index is -0.326. The fourth-order valence-electron chi connectivity index (χ4n) is 2.85. The first kappa shape index (κ1) is 22.3. The quantitative estimate of drug-likeness (QED) is 0.354. The van der Waals surface area contributed by atoms with E-state index in [0.717, 1.165) is 14.8 Å². The number of nitrogens with one attached hydrogen (secondary N) is 2. The average molecular weight is 535 g/mol. The number of hydrogen-bond donors (Lipinski definition) is 2. The maximum absolute atomic E-state index is 12.4. The molecule has 3 rings (SSSR count). The number of anilines is 1. The van der Waals surface area contributed by atoms with E-state index in [2.05, 4.69) is 43.4 Å². The number of hydrogen-bond acceptors (Lipinski definition) is 5. The summed E-state index contributed by atoms with van der Waals surface area (Å²) in [6.07, 6.45) is 0. The van der Waals surface area contributed by atoms with Gasteiger partial charge in [0, 0.05) is 21.9 Å². The van der Waals surface area contributed by atoms with Crippen molar-refractivity contribution in [2.75, 3.05) is 11.1 Å². The zero-order valence-electron chi connectivity index (χ0n) is 16.8. The number of halogens is 1. The van der Waals surface area contributed by atoms with Gasteiger partial charge in [-0.05, 0) is 72.3 Å². The third-order valence-corrected chi connectivity index (χ3v) is 6.13. The van der Waals surface area contributed by atoms with Crippen LogP contribution in [0.3, 0.4) is 0 Å². The summed E-state index contributed by atoms with van der Waals surface area (Å²) in [6.45, 7) is 3.82. The van der Waals surface area contributed by atoms with Crippen molar-refractivity contribution in [3.63, 3.8) is 0 Å². The Balaban J connectivity index is 1.58. The predicted octanol–water partition coefficient (Wildman–Crippen LogP) is 3.95. The Bertz CT molecular complexity index is 1050. The molecular weight excluding hydrogens is 513 g/mol. The van der Waals surface area contributed by atoms with Crippen LogP contribution in [0.2, 0.25) is 0 Å². The van der Waals surface area contributed by atoms with E-state index in [1.807, 2.05) is 57.3 Å². The number of benzene rings is 2. The maximum Gasteiger partial charge on any atom is 0.251 e. The van der Waals surface area contributed by atoms with Gasteiger partial charge in [-0.15, -0.1) is 10.2 Å². The van der Waals surface area contributed by atoms with Crippen LogP contribution in [0.1, 0.15) is 34.7 Å². The number of carbonyl (C=O) groups excluding carboxylic acids is 2. The molecule has 0 aliphatic heterocycles. The summed E-state index contributed by atoms with van der Waals surface area (Å²) >= 11 is 3.54. The highest BCUT2D eigenvalue weighted by Gasteiger charge is 2.19. The van der Waals surface area contributed by atoms with Crippen LogP contribution in [0.25, 0.3) is 0 Å². The highest BCUT2D eigenvalue weighted by Crippen LogP contribution is 2.21. The lowest BCUT2D eigenvalue weighted by Gasteiger charge is -2.13. The Labute approximate surface area is 193 Å². The Kier molecular flexibility index (Phi) is 7.48. The molecule has 0 unspecified atom stereocenters. The topological polar surface area (TPSA) is 88.9 Å². The molecule has 30 heavy (non-hydrogen) atoms. The third kappa shape index (κ3) is 5.60. The van der Waals surface area contributed by atoms with E-state index in [-0.39, 0.29) is 23.6 Å². The van der Waals surface area contributed by atoms with Crippen LogP contribution in [0, 0.1) is 10.5 Å². The summed E-state index contributed by atoms with van der Waals surface area (Å²) in [5.41, 5.74) is 2.41. The van der Waals surface area contributed by atoms with Crippen molar-refractivity contribution in [2.45, 2.75) is 25.0 Å². The summed E-state index contributed by atoms with van der Waals surface area (Å²) in [5.74, 6) is 0.546. The monoisotopic (exact) mass is 535 g/mol. The first-order valence-corrected chi connectivity index (χ1v) is 11.4. The van der Waals surface area contributed by atoms with Crippen molar-refractivity contribution in [3.05, 3.63) is 69.1 Å². The number of rotatable bonds is 7. The minimum absolute atomic E-state index is 0.112. The van der Waals surface area contributed by atoms with E-state index in [0.29, 0.717) is 16.5 Å². The molecule has 0 fully saturated rings. The van der Waals surface area contributed by atoms with Gasteiger partial charge in [0.25, 0.3) is 5.91 Å². The van der Waals surface area contributed by atoms with Gasteiger partial charge in [-0.1, -0.05) is 30.0 Å². The molecule has 0 saturated heterocycles. The number of aromatic nitrogens is 3. The molecule has 7 nitrogen and oxygen atoms in total. The largest absolute Gasteiger partial charge is 0.342 e. The van der Waals surface area contributed by atoms with Crippen molar-refractivity contribution in [2.24, 2.45) is 7.05 Å². The van der Waals surface area contributed by atoms with E-state index >= 15 is 0 Å². The van der Waals surface area contributed by atoms with Crippen molar-refractivity contribution >= 4 is 51.9 Å². The van der Waals surface area contributed by atoms with E-state index in [9.17, 15) is 9.59 Å². The van der Waals surface area contributed by atoms with Crippen LogP contribution in [-0.2, 0) is 11.8 Å². The molecule has 2 N–H and O–H groups in total. The smallest absolute Gasteiger partial charge is 0.251 e. The first-order chi connectivity index (χ1) is 14.3. The van der Waals surface area contributed by atoms with Crippen molar-refractivity contribution < 1.29 is 9.59 Å². The van der Waals surface area contributed by atoms with Gasteiger partial charge < -0.3 is 15.2 Å². The standard InChI is InChI=1S/C21H22IN5O2S/c1-13-11-16(22)9-10-17(13)24-18(28)12-30-21-26-25-19(27(21)3)14(2)23-20(29)15-7-5-4-6-8-15/h4-11,14H,12H2,1-3H3,(H,23,29)(H,24,28)/t14-/m1/s1. The second-order valence-electron chi connectivity index (χ2n) is 6.76. The number of nitrogens with zero attached hydrogens (tertiary/aromatic N) is 3. The lowest BCUT2D eigenvalue weighted by molar-refractivity contribution is -0.113. The fraction of sp³-hybridized carbons (Fsp3) is 0.238. The fourth-order valence-corrected chi connectivity index (χ4v) is 4.21. The van der Waals surface area contributed by atoms with Crippen LogP contribution >= 0.6 is 34.4 Å². The molecule has 0 radical (unpaired) electrons. The van der Waals surface area contributed by atoms with Gasteiger partial charge in [0.2, 0.25) is 5.91 Å². The van der Waals surface area contributed by atoms with Crippen molar-refractivity contribution in [1.29, 1.82) is 0 Å². The van der Waals surface area contributed by atoms with Crippen molar-refractivity contribution in [1.82, 2.24) is 20.1 Å². The molecular formula is C21H22IN5O2S. The Morgan fingerprint density at radius 3 is 2.60 bits per heavy atom. The molecule has 0 spiro atoms. The summed E-state index contributed by atoms with van der Waals surface area (Å²) in [6, 6.07) is 14.6. The third-order valence-electron chi connectivity index (χ3n) is 4.43. The van der Waals surface area contributed by atoms with E-state index in [1.165, 1.54) is 11.8 Å². The highest BCUT2D eigenvalue weighted by molar-refractivity contribution is 14.1. The van der Waals surface area contributed by atoms with Gasteiger partial charge in [0.15, 0.2) is 11.0 Å². The second kappa shape index (κ2) is 10.1. The number of carbonyl (C=O) groups is 2. The summed E-state index contributed by atoms with van der Waals surface area (Å²) in [7, 11) is 1.82. The number of amides is 2. The van der Waals surface area contributed by atoms with Gasteiger partial charge in [-0.3, -0.25) is 9.59 Å². The zero-order chi connectivity index (χ0) is 21.7. The summed E-state index contributed by atoms with van der Waals surface area (Å²) < 4.78 is 2.92. The molecule has 1 aromatic heterocycles. The summed E-state index contributed by atoms with van der Waals surface area (Å²) in [5, 5.41) is 14.8. The van der Waals surface area contributed by atoms with Gasteiger partial charge in [0.1, 0.15) is 0 Å². The lowest BCUT2D eigenvalue weighted by atomic mass is 10.2. The Morgan fingerprint density at radius 1 is 1.17 bits per heavy atom. The summed E-state index contributed by atoms with van der Waals surface area (Å²) in [4.78, 5) is 24.7. The second-order valence-corrected chi connectivity index (χ2v) is 8.95. The van der Waals surface area contributed by atoms with Crippen molar-refractivity contribution in [3.8, 4) is 0 Å². The van der Waals surface area contributed by atoms with Crippen LogP contribution in [0.5, 0.6) is 0 Å². The Hall–Kier alpha value is -2.40. The minimum Gasteiger partial charge on any atom is -0.342 e. The Morgan fingerprint density at radius 2 is 1.90 bits per heavy atom. The molecule has 156 valence electrons. The van der Waals surface area contributed by atoms with Crippen LogP contribution in [-0.4, -0.2) is 32.3 Å². The maximum atomic E-state index is 12.4. The van der Waals surface area contributed by atoms with Crippen LogP contribution in [0.15, 0.2) is 53.7 Å². The van der Waals surface area contributed by atoms with E-state index in [4.69, 9.17) is 0 Å². The molecule has 9 heteroatoms.